The first-order valence-corrected chi connectivity index (χ1v) is 9.26. The van der Waals surface area contributed by atoms with Crippen molar-refractivity contribution >= 4 is 19.7 Å². The molecule has 1 aromatic carbocycles. The molecule has 0 amide bonds. The first kappa shape index (κ1) is 16.2. The fraction of sp³-hybridized carbons (Fsp3) is 0.333. The Morgan fingerprint density at radius 3 is 2.20 bits per heavy atom. The zero-order valence-corrected chi connectivity index (χ0v) is 12.3. The van der Waals surface area contributed by atoms with E-state index in [1.807, 2.05) is 0 Å². The molecule has 0 atom stereocenters. The Hall–Kier alpha value is -1.90. The van der Waals surface area contributed by atoms with Gasteiger partial charge in [-0.15, -0.1) is 0 Å². The van der Waals surface area contributed by atoms with E-state index < -0.39 is 19.7 Å². The largest absolute Gasteiger partial charge is 0.229 e. The van der Waals surface area contributed by atoms with Gasteiger partial charge < -0.3 is 0 Å². The van der Waals surface area contributed by atoms with E-state index in [0.29, 0.717) is 0 Å². The maximum Gasteiger partial charge on any atom is 0.179 e. The molecular formula is C12H12N2O4S2. The summed E-state index contributed by atoms with van der Waals surface area (Å²) < 4.78 is 46.2. The molecule has 106 valence electrons. The number of hydrogen-bond donors (Lipinski definition) is 0. The monoisotopic (exact) mass is 312 g/mol. The van der Waals surface area contributed by atoms with Gasteiger partial charge >= 0.3 is 0 Å². The molecule has 1 rings (SSSR count). The van der Waals surface area contributed by atoms with Gasteiger partial charge in [0.25, 0.3) is 0 Å². The predicted octanol–water partition coefficient (Wildman–Crippen LogP) is 0.638. The van der Waals surface area contributed by atoms with Gasteiger partial charge in [0.05, 0.1) is 27.5 Å². The molecule has 0 aromatic heterocycles. The van der Waals surface area contributed by atoms with Gasteiger partial charge in [0.1, 0.15) is 22.0 Å². The lowest BCUT2D eigenvalue weighted by atomic mass is 10.1. The third-order valence-corrected chi connectivity index (χ3v) is 5.39. The van der Waals surface area contributed by atoms with Gasteiger partial charge in [0.2, 0.25) is 0 Å². The average Bonchev–Trinajstić information content (AvgIpc) is 2.35. The quantitative estimate of drug-likeness (QED) is 0.787. The summed E-state index contributed by atoms with van der Waals surface area (Å²) in [5.41, 5.74) is -0.217. The summed E-state index contributed by atoms with van der Waals surface area (Å²) in [5.74, 6) is -0.629. The van der Waals surface area contributed by atoms with Crippen LogP contribution in [0.2, 0.25) is 0 Å². The van der Waals surface area contributed by atoms with Gasteiger partial charge in [-0.3, -0.25) is 0 Å². The van der Waals surface area contributed by atoms with Crippen molar-refractivity contribution in [3.05, 3.63) is 29.3 Å². The first-order chi connectivity index (χ1) is 9.21. The van der Waals surface area contributed by atoms with Crippen LogP contribution in [-0.2, 0) is 19.7 Å². The molecule has 0 heterocycles. The molecule has 0 saturated heterocycles. The molecule has 0 saturated carbocycles. The van der Waals surface area contributed by atoms with Crippen LogP contribution in [0.5, 0.6) is 0 Å². The molecule has 0 unspecified atom stereocenters. The first-order valence-electron chi connectivity index (χ1n) is 5.55. The number of benzene rings is 1. The maximum absolute atomic E-state index is 12.1. The van der Waals surface area contributed by atoms with E-state index in [0.717, 1.165) is 6.26 Å². The van der Waals surface area contributed by atoms with Crippen molar-refractivity contribution in [3.63, 3.8) is 0 Å². The lowest BCUT2D eigenvalue weighted by molar-refractivity contribution is 0.592. The van der Waals surface area contributed by atoms with E-state index in [2.05, 4.69) is 0 Å². The van der Waals surface area contributed by atoms with E-state index in [1.54, 1.807) is 12.1 Å². The summed E-state index contributed by atoms with van der Waals surface area (Å²) >= 11 is 0. The van der Waals surface area contributed by atoms with Crippen molar-refractivity contribution in [1.82, 2.24) is 0 Å². The molecule has 0 radical (unpaired) electrons. The average molecular weight is 312 g/mol. The van der Waals surface area contributed by atoms with E-state index in [4.69, 9.17) is 10.5 Å². The standard InChI is InChI=1S/C12H12N2O4S2/c1-19(15,16)6-3-7-20(17,18)12-5-2-4-10(8-13)11(12)9-14/h2,4-5H,3,6-7H2,1H3. The van der Waals surface area contributed by atoms with E-state index in [-0.39, 0.29) is 33.9 Å². The number of sulfone groups is 2. The zero-order chi connectivity index (χ0) is 15.4. The molecule has 6 nitrogen and oxygen atoms in total. The number of nitriles is 2. The third-order valence-electron chi connectivity index (χ3n) is 2.52. The fourth-order valence-corrected chi connectivity index (χ4v) is 3.97. The van der Waals surface area contributed by atoms with Crippen molar-refractivity contribution in [2.24, 2.45) is 0 Å². The van der Waals surface area contributed by atoms with Crippen molar-refractivity contribution in [3.8, 4) is 12.1 Å². The van der Waals surface area contributed by atoms with Gasteiger partial charge in [-0.1, -0.05) is 6.07 Å². The minimum absolute atomic E-state index is 0.0170. The lowest BCUT2D eigenvalue weighted by Gasteiger charge is -2.06. The number of rotatable bonds is 5. The Labute approximate surface area is 118 Å². The van der Waals surface area contributed by atoms with Gasteiger partial charge in [-0.05, 0) is 18.6 Å². The highest BCUT2D eigenvalue weighted by Gasteiger charge is 2.21. The van der Waals surface area contributed by atoms with E-state index in [1.165, 1.54) is 18.2 Å². The molecule has 0 bridgehead atoms. The molecule has 8 heteroatoms. The maximum atomic E-state index is 12.1. The normalized spacial score (nSPS) is 11.6. The molecule has 0 aliphatic rings. The van der Waals surface area contributed by atoms with Gasteiger partial charge in [-0.2, -0.15) is 10.5 Å². The summed E-state index contributed by atoms with van der Waals surface area (Å²) in [6.07, 6.45) is 0.972. The second-order valence-electron chi connectivity index (χ2n) is 4.20. The summed E-state index contributed by atoms with van der Waals surface area (Å²) in [5, 5.41) is 17.8. The highest BCUT2D eigenvalue weighted by atomic mass is 32.2. The second kappa shape index (κ2) is 6.04. The van der Waals surface area contributed by atoms with Crippen molar-refractivity contribution in [2.45, 2.75) is 11.3 Å². The molecule has 0 aliphatic heterocycles. The Balaban J connectivity index is 3.12. The molecular weight excluding hydrogens is 300 g/mol. The Bertz CT molecular complexity index is 797. The van der Waals surface area contributed by atoms with Gasteiger partial charge in [-0.25, -0.2) is 16.8 Å². The second-order valence-corrected chi connectivity index (χ2v) is 8.54. The summed E-state index contributed by atoms with van der Waals surface area (Å²) in [6.45, 7) is 0. The molecule has 1 aromatic rings. The van der Waals surface area contributed by atoms with Crippen LogP contribution in [0.1, 0.15) is 17.5 Å². The predicted molar refractivity (Wildman–Crippen MR) is 72.3 cm³/mol. The molecule has 0 fully saturated rings. The van der Waals surface area contributed by atoms with Crippen LogP contribution in [0, 0.1) is 22.7 Å². The molecule has 0 N–H and O–H groups in total. The third kappa shape index (κ3) is 4.05. The van der Waals surface area contributed by atoms with Crippen LogP contribution < -0.4 is 0 Å². The molecule has 20 heavy (non-hydrogen) atoms. The minimum atomic E-state index is -3.80. The van der Waals surface area contributed by atoms with Crippen LogP contribution in [0.4, 0.5) is 0 Å². The minimum Gasteiger partial charge on any atom is -0.229 e. The Morgan fingerprint density at radius 1 is 1.05 bits per heavy atom. The number of hydrogen-bond acceptors (Lipinski definition) is 6. The zero-order valence-electron chi connectivity index (χ0n) is 10.7. The van der Waals surface area contributed by atoms with Crippen LogP contribution in [-0.4, -0.2) is 34.6 Å². The highest BCUT2D eigenvalue weighted by Crippen LogP contribution is 2.20. The smallest absolute Gasteiger partial charge is 0.179 e. The van der Waals surface area contributed by atoms with Crippen LogP contribution in [0.15, 0.2) is 23.1 Å². The Morgan fingerprint density at radius 2 is 1.70 bits per heavy atom. The van der Waals surface area contributed by atoms with Crippen molar-refractivity contribution in [2.75, 3.05) is 17.8 Å². The van der Waals surface area contributed by atoms with Gasteiger partial charge in [0.15, 0.2) is 9.84 Å². The Kier molecular flexibility index (Phi) is 4.88. The summed E-state index contributed by atoms with van der Waals surface area (Å²) in [4.78, 5) is -0.229. The van der Waals surface area contributed by atoms with Crippen LogP contribution in [0.3, 0.4) is 0 Å². The van der Waals surface area contributed by atoms with E-state index >= 15 is 0 Å². The van der Waals surface area contributed by atoms with Crippen molar-refractivity contribution in [1.29, 1.82) is 10.5 Å². The topological polar surface area (TPSA) is 116 Å². The van der Waals surface area contributed by atoms with Crippen LogP contribution >= 0.6 is 0 Å². The fourth-order valence-electron chi connectivity index (χ4n) is 1.62. The van der Waals surface area contributed by atoms with Crippen molar-refractivity contribution < 1.29 is 16.8 Å². The lowest BCUT2D eigenvalue weighted by Crippen LogP contribution is -2.13. The molecule has 0 spiro atoms. The highest BCUT2D eigenvalue weighted by molar-refractivity contribution is 7.92. The van der Waals surface area contributed by atoms with E-state index in [9.17, 15) is 16.8 Å². The molecule has 0 aliphatic carbocycles. The summed E-state index contributed by atoms with van der Waals surface area (Å²) in [6, 6.07) is 7.44. The number of nitrogens with zero attached hydrogens (tertiary/aromatic N) is 2. The summed E-state index contributed by atoms with van der Waals surface area (Å²) in [7, 11) is -7.04. The van der Waals surface area contributed by atoms with Crippen LogP contribution in [0.25, 0.3) is 0 Å². The SMILES string of the molecule is CS(=O)(=O)CCCS(=O)(=O)c1cccc(C#N)c1C#N. The van der Waals surface area contributed by atoms with Gasteiger partial charge in [0, 0.05) is 6.26 Å².